The van der Waals surface area contributed by atoms with Crippen molar-refractivity contribution in [1.29, 1.82) is 0 Å². The van der Waals surface area contributed by atoms with Crippen molar-refractivity contribution < 1.29 is 27.9 Å². The summed E-state index contributed by atoms with van der Waals surface area (Å²) < 4.78 is 32.2. The fourth-order valence-electron chi connectivity index (χ4n) is 3.62. The predicted octanol–water partition coefficient (Wildman–Crippen LogP) is 3.70. The van der Waals surface area contributed by atoms with E-state index in [4.69, 9.17) is 4.74 Å². The van der Waals surface area contributed by atoms with Crippen LogP contribution in [0.25, 0.3) is 0 Å². The highest BCUT2D eigenvalue weighted by Gasteiger charge is 2.44. The number of hydrogen-bond donors (Lipinski definition) is 0. The van der Waals surface area contributed by atoms with E-state index in [0.717, 1.165) is 17.0 Å². The number of hydrogen-bond acceptors (Lipinski definition) is 4. The van der Waals surface area contributed by atoms with Crippen molar-refractivity contribution in [3.8, 4) is 5.75 Å². The van der Waals surface area contributed by atoms with Crippen LogP contribution in [0.2, 0.25) is 0 Å². The van der Waals surface area contributed by atoms with Crippen LogP contribution in [0.5, 0.6) is 5.75 Å². The molecule has 1 heterocycles. The molecule has 0 saturated carbocycles. The first kappa shape index (κ1) is 22.1. The molecule has 1 saturated heterocycles. The van der Waals surface area contributed by atoms with Crippen molar-refractivity contribution in [3.63, 3.8) is 0 Å². The monoisotopic (exact) mass is 450 g/mol. The van der Waals surface area contributed by atoms with Crippen molar-refractivity contribution in [1.82, 2.24) is 4.90 Å². The average molecular weight is 450 g/mol. The largest absolute Gasteiger partial charge is 0.484 e. The van der Waals surface area contributed by atoms with Gasteiger partial charge >= 0.3 is 0 Å². The van der Waals surface area contributed by atoms with Crippen molar-refractivity contribution in [2.24, 2.45) is 0 Å². The van der Waals surface area contributed by atoms with Crippen molar-refractivity contribution in [2.45, 2.75) is 19.0 Å². The maximum absolute atomic E-state index is 13.3. The third-order valence-corrected chi connectivity index (χ3v) is 5.28. The Morgan fingerprint density at radius 2 is 1.52 bits per heavy atom. The van der Waals surface area contributed by atoms with E-state index < -0.39 is 35.4 Å². The Hall–Kier alpha value is -4.07. The quantitative estimate of drug-likeness (QED) is 0.515. The Morgan fingerprint density at radius 3 is 2.15 bits per heavy atom. The van der Waals surface area contributed by atoms with Crippen LogP contribution >= 0.6 is 0 Å². The molecule has 1 atom stereocenters. The average Bonchev–Trinajstić information content (AvgIpc) is 3.12. The first-order chi connectivity index (χ1) is 15.9. The second kappa shape index (κ2) is 9.60. The molecule has 0 aliphatic carbocycles. The van der Waals surface area contributed by atoms with Crippen molar-refractivity contribution in [3.05, 3.63) is 96.1 Å². The van der Waals surface area contributed by atoms with E-state index in [0.29, 0.717) is 11.3 Å². The zero-order chi connectivity index (χ0) is 23.4. The smallest absolute Gasteiger partial charge is 0.261 e. The van der Waals surface area contributed by atoms with Crippen LogP contribution in [0.3, 0.4) is 0 Å². The second-order valence-electron chi connectivity index (χ2n) is 7.51. The number of benzene rings is 3. The minimum Gasteiger partial charge on any atom is -0.484 e. The highest BCUT2D eigenvalue weighted by molar-refractivity contribution is 6.23. The van der Waals surface area contributed by atoms with Gasteiger partial charge in [-0.1, -0.05) is 30.3 Å². The molecule has 0 bridgehead atoms. The SMILES string of the molecule is O=C1CC(N(Cc2ccc(F)cc2)C(=O)COc2ccccc2)C(=O)N1c1ccc(F)cc1. The van der Waals surface area contributed by atoms with Gasteiger partial charge in [0.2, 0.25) is 5.91 Å². The molecular weight excluding hydrogens is 430 g/mol. The van der Waals surface area contributed by atoms with Crippen molar-refractivity contribution in [2.75, 3.05) is 11.5 Å². The van der Waals surface area contributed by atoms with Gasteiger partial charge in [-0.2, -0.15) is 0 Å². The predicted molar refractivity (Wildman–Crippen MR) is 116 cm³/mol. The lowest BCUT2D eigenvalue weighted by Crippen LogP contribution is -2.46. The van der Waals surface area contributed by atoms with E-state index in [-0.39, 0.29) is 25.3 Å². The molecule has 4 rings (SSSR count). The summed E-state index contributed by atoms with van der Waals surface area (Å²) in [5.74, 6) is -2.05. The van der Waals surface area contributed by atoms with E-state index in [2.05, 4.69) is 0 Å². The standard InChI is InChI=1S/C25H20F2N2O4/c26-18-8-6-17(7-9-18)15-28(24(31)16-33-21-4-2-1-3-5-21)22-14-23(30)29(25(22)32)20-12-10-19(27)11-13-20/h1-13,22H,14-16H2. The molecule has 3 aromatic carbocycles. The number of para-hydroxylation sites is 1. The lowest BCUT2D eigenvalue weighted by molar-refractivity contribution is -0.140. The number of halogens is 2. The fraction of sp³-hybridized carbons (Fsp3) is 0.160. The summed E-state index contributed by atoms with van der Waals surface area (Å²) >= 11 is 0. The second-order valence-corrected chi connectivity index (χ2v) is 7.51. The Kier molecular flexibility index (Phi) is 6.44. The Balaban J connectivity index is 1.58. The van der Waals surface area contributed by atoms with E-state index in [1.54, 1.807) is 24.3 Å². The summed E-state index contributed by atoms with van der Waals surface area (Å²) in [7, 11) is 0. The number of rotatable bonds is 7. The van der Waals surface area contributed by atoms with Gasteiger partial charge < -0.3 is 9.64 Å². The topological polar surface area (TPSA) is 66.9 Å². The third kappa shape index (κ3) is 5.06. The number of ether oxygens (including phenoxy) is 1. The summed E-state index contributed by atoms with van der Waals surface area (Å²) in [6.45, 7) is -0.363. The molecule has 168 valence electrons. The summed E-state index contributed by atoms with van der Waals surface area (Å²) in [5.41, 5.74) is 0.813. The maximum atomic E-state index is 13.3. The van der Waals surface area contributed by atoms with Crippen LogP contribution in [0.15, 0.2) is 78.9 Å². The molecule has 1 aliphatic heterocycles. The van der Waals surface area contributed by atoms with E-state index in [1.165, 1.54) is 41.3 Å². The van der Waals surface area contributed by atoms with Crippen LogP contribution < -0.4 is 9.64 Å². The lowest BCUT2D eigenvalue weighted by Gasteiger charge is -2.28. The van der Waals surface area contributed by atoms with E-state index in [1.807, 2.05) is 6.07 Å². The van der Waals surface area contributed by atoms with Crippen LogP contribution in [0.1, 0.15) is 12.0 Å². The number of imide groups is 1. The zero-order valence-electron chi connectivity index (χ0n) is 17.5. The van der Waals surface area contributed by atoms with Gasteiger partial charge in [0, 0.05) is 6.54 Å². The van der Waals surface area contributed by atoms with Crippen LogP contribution in [0.4, 0.5) is 14.5 Å². The molecule has 0 aromatic heterocycles. The third-order valence-electron chi connectivity index (χ3n) is 5.28. The molecule has 1 aliphatic rings. The van der Waals surface area contributed by atoms with Gasteiger partial charge in [-0.25, -0.2) is 13.7 Å². The van der Waals surface area contributed by atoms with Gasteiger partial charge in [-0.15, -0.1) is 0 Å². The fourth-order valence-corrected chi connectivity index (χ4v) is 3.62. The Morgan fingerprint density at radius 1 is 0.909 bits per heavy atom. The van der Waals surface area contributed by atoms with Gasteiger partial charge in [-0.05, 0) is 54.1 Å². The minimum absolute atomic E-state index is 0.0157. The molecule has 0 spiro atoms. The molecule has 3 amide bonds. The zero-order valence-corrected chi connectivity index (χ0v) is 17.5. The summed E-state index contributed by atoms with van der Waals surface area (Å²) in [5, 5.41) is 0. The van der Waals surface area contributed by atoms with E-state index >= 15 is 0 Å². The van der Waals surface area contributed by atoms with Gasteiger partial charge in [0.25, 0.3) is 11.8 Å². The van der Waals surface area contributed by atoms with Gasteiger partial charge in [0.05, 0.1) is 12.1 Å². The van der Waals surface area contributed by atoms with Crippen LogP contribution in [-0.2, 0) is 20.9 Å². The summed E-state index contributed by atoms with van der Waals surface area (Å²) in [6, 6.07) is 18.1. The molecule has 8 heteroatoms. The summed E-state index contributed by atoms with van der Waals surface area (Å²) in [4.78, 5) is 41.2. The Labute approximate surface area is 189 Å². The van der Waals surface area contributed by atoms with Crippen LogP contribution in [0, 0.1) is 11.6 Å². The normalized spacial score (nSPS) is 15.6. The molecular formula is C25H20F2N2O4. The minimum atomic E-state index is -1.07. The summed E-state index contributed by atoms with van der Waals surface area (Å²) in [6.07, 6.45) is -0.228. The number of anilines is 1. The molecule has 33 heavy (non-hydrogen) atoms. The number of amides is 3. The highest BCUT2D eigenvalue weighted by atomic mass is 19.1. The van der Waals surface area contributed by atoms with Gasteiger partial charge in [-0.3, -0.25) is 14.4 Å². The molecule has 1 fully saturated rings. The first-order valence-electron chi connectivity index (χ1n) is 10.3. The van der Waals surface area contributed by atoms with Crippen LogP contribution in [-0.4, -0.2) is 35.3 Å². The molecule has 1 unspecified atom stereocenters. The maximum Gasteiger partial charge on any atom is 0.261 e. The highest BCUT2D eigenvalue weighted by Crippen LogP contribution is 2.27. The van der Waals surface area contributed by atoms with E-state index in [9.17, 15) is 23.2 Å². The molecule has 0 radical (unpaired) electrons. The number of carbonyl (C=O) groups is 3. The molecule has 6 nitrogen and oxygen atoms in total. The number of carbonyl (C=O) groups excluding carboxylic acids is 3. The first-order valence-corrected chi connectivity index (χ1v) is 10.3. The molecule has 0 N–H and O–H groups in total. The van der Waals surface area contributed by atoms with Crippen molar-refractivity contribution >= 4 is 23.4 Å². The Bertz CT molecular complexity index is 1150. The lowest BCUT2D eigenvalue weighted by atomic mass is 10.1. The molecule has 3 aromatic rings. The van der Waals surface area contributed by atoms with Gasteiger partial charge in [0.15, 0.2) is 6.61 Å². The number of nitrogens with zero attached hydrogens (tertiary/aromatic N) is 2. The van der Waals surface area contributed by atoms with Gasteiger partial charge in [0.1, 0.15) is 23.4 Å².